The van der Waals surface area contributed by atoms with Crippen molar-refractivity contribution < 1.29 is 4.42 Å². The highest BCUT2D eigenvalue weighted by Crippen LogP contribution is 2.27. The fraction of sp³-hybridized carbons (Fsp3) is 0.273. The van der Waals surface area contributed by atoms with Gasteiger partial charge in [-0.2, -0.15) is 0 Å². The molecule has 0 amide bonds. The maximum atomic E-state index is 5.59. The molecule has 2 aromatic rings. The van der Waals surface area contributed by atoms with Crippen LogP contribution in [-0.4, -0.2) is 10.2 Å². The zero-order valence-electron chi connectivity index (χ0n) is 8.03. The van der Waals surface area contributed by atoms with Crippen molar-refractivity contribution in [2.75, 3.05) is 0 Å². The molecule has 3 nitrogen and oxygen atoms in total. The Hall–Kier alpha value is -1.35. The fourth-order valence-corrected chi connectivity index (χ4v) is 2.14. The lowest BCUT2D eigenvalue weighted by Gasteiger charge is -2.00. The van der Waals surface area contributed by atoms with Gasteiger partial charge in [-0.1, -0.05) is 11.2 Å². The lowest BCUT2D eigenvalue weighted by atomic mass is 10.1. The Balaban J connectivity index is 2.06. The summed E-state index contributed by atoms with van der Waals surface area (Å²) in [6.45, 7) is 0. The van der Waals surface area contributed by atoms with Crippen LogP contribution in [0.4, 0.5) is 0 Å². The van der Waals surface area contributed by atoms with Crippen molar-refractivity contribution in [2.45, 2.75) is 19.3 Å². The van der Waals surface area contributed by atoms with E-state index in [1.807, 2.05) is 6.07 Å². The summed E-state index contributed by atoms with van der Waals surface area (Å²) >= 11 is 5.59. The summed E-state index contributed by atoms with van der Waals surface area (Å²) < 4.78 is 5.17. The Morgan fingerprint density at radius 3 is 2.80 bits per heavy atom. The molecule has 0 atom stereocenters. The Morgan fingerprint density at radius 2 is 2.00 bits per heavy atom. The lowest BCUT2D eigenvalue weighted by Crippen LogP contribution is -1.84. The van der Waals surface area contributed by atoms with Crippen molar-refractivity contribution in [3.05, 3.63) is 34.7 Å². The predicted octanol–water partition coefficient (Wildman–Crippen LogP) is 2.88. The van der Waals surface area contributed by atoms with Crippen LogP contribution in [-0.2, 0) is 12.8 Å². The third-order valence-electron chi connectivity index (χ3n) is 2.75. The van der Waals surface area contributed by atoms with Gasteiger partial charge in [0.2, 0.25) is 5.89 Å². The number of nitrogens with zero attached hydrogens (tertiary/aromatic N) is 2. The summed E-state index contributed by atoms with van der Waals surface area (Å²) in [7, 11) is 0. The number of aromatic nitrogens is 2. The molecule has 0 spiro atoms. The Labute approximate surface area is 92.1 Å². The van der Waals surface area contributed by atoms with Crippen molar-refractivity contribution >= 4 is 11.6 Å². The van der Waals surface area contributed by atoms with Crippen LogP contribution in [0.25, 0.3) is 11.5 Å². The molecule has 0 unspecified atom stereocenters. The molecule has 0 saturated heterocycles. The van der Waals surface area contributed by atoms with Crippen molar-refractivity contribution in [1.82, 2.24) is 10.2 Å². The zero-order valence-corrected chi connectivity index (χ0v) is 8.79. The molecule has 15 heavy (non-hydrogen) atoms. The second-order valence-corrected chi connectivity index (χ2v) is 4.02. The van der Waals surface area contributed by atoms with Crippen LogP contribution in [0.2, 0.25) is 5.35 Å². The minimum Gasteiger partial charge on any atom is -0.407 e. The van der Waals surface area contributed by atoms with Crippen LogP contribution in [0.5, 0.6) is 0 Å². The number of benzene rings is 1. The number of rotatable bonds is 1. The maximum Gasteiger partial charge on any atom is 0.313 e. The molecular weight excluding hydrogens is 212 g/mol. The smallest absolute Gasteiger partial charge is 0.313 e. The molecule has 0 fully saturated rings. The van der Waals surface area contributed by atoms with Gasteiger partial charge in [0, 0.05) is 5.56 Å². The minimum atomic E-state index is 0.0884. The van der Waals surface area contributed by atoms with E-state index in [0.717, 1.165) is 12.0 Å². The summed E-state index contributed by atoms with van der Waals surface area (Å²) in [6.07, 6.45) is 3.56. The SMILES string of the molecule is Clc1nnc(-c2ccc3c(c2)CCC3)o1. The largest absolute Gasteiger partial charge is 0.407 e. The van der Waals surface area contributed by atoms with Crippen molar-refractivity contribution in [1.29, 1.82) is 0 Å². The first-order chi connectivity index (χ1) is 7.33. The van der Waals surface area contributed by atoms with E-state index in [1.165, 1.54) is 24.0 Å². The minimum absolute atomic E-state index is 0.0884. The third kappa shape index (κ3) is 1.53. The van der Waals surface area contributed by atoms with E-state index < -0.39 is 0 Å². The number of aryl methyl sites for hydroxylation is 2. The Bertz CT molecular complexity index is 507. The molecule has 0 saturated carbocycles. The molecule has 1 aliphatic rings. The van der Waals surface area contributed by atoms with Crippen LogP contribution in [0.1, 0.15) is 17.5 Å². The van der Waals surface area contributed by atoms with Gasteiger partial charge < -0.3 is 4.42 Å². The summed E-state index contributed by atoms with van der Waals surface area (Å²) in [4.78, 5) is 0. The first kappa shape index (κ1) is 8.92. The second-order valence-electron chi connectivity index (χ2n) is 3.70. The topological polar surface area (TPSA) is 38.9 Å². The average molecular weight is 221 g/mol. The lowest BCUT2D eigenvalue weighted by molar-refractivity contribution is 0.571. The van der Waals surface area contributed by atoms with Crippen molar-refractivity contribution in [2.24, 2.45) is 0 Å². The van der Waals surface area contributed by atoms with Gasteiger partial charge in [0.05, 0.1) is 0 Å². The molecule has 1 aliphatic carbocycles. The van der Waals surface area contributed by atoms with E-state index >= 15 is 0 Å². The normalized spacial score (nSPS) is 14.2. The summed E-state index contributed by atoms with van der Waals surface area (Å²) in [5.74, 6) is 0.495. The number of hydrogen-bond donors (Lipinski definition) is 0. The average Bonchev–Trinajstić information content (AvgIpc) is 2.84. The molecule has 0 aliphatic heterocycles. The van der Waals surface area contributed by atoms with E-state index in [-0.39, 0.29) is 5.35 Å². The summed E-state index contributed by atoms with van der Waals surface area (Å²) in [5, 5.41) is 7.59. The van der Waals surface area contributed by atoms with Crippen LogP contribution in [0.15, 0.2) is 22.6 Å². The van der Waals surface area contributed by atoms with Gasteiger partial charge in [0.25, 0.3) is 0 Å². The number of hydrogen-bond acceptors (Lipinski definition) is 3. The zero-order chi connectivity index (χ0) is 10.3. The molecule has 1 heterocycles. The van der Waals surface area contributed by atoms with Gasteiger partial charge in [-0.05, 0) is 54.1 Å². The Kier molecular flexibility index (Phi) is 1.99. The second kappa shape index (κ2) is 3.35. The van der Waals surface area contributed by atoms with E-state index in [9.17, 15) is 0 Å². The quantitative estimate of drug-likeness (QED) is 0.742. The van der Waals surface area contributed by atoms with Crippen LogP contribution >= 0.6 is 11.6 Å². The number of halogens is 1. The van der Waals surface area contributed by atoms with E-state index in [0.29, 0.717) is 5.89 Å². The molecule has 4 heteroatoms. The number of fused-ring (bicyclic) bond motifs is 1. The highest BCUT2D eigenvalue weighted by atomic mass is 35.5. The standard InChI is InChI=1S/C11H9ClN2O/c12-11-14-13-10(15-11)9-5-4-7-2-1-3-8(7)6-9/h4-6H,1-3H2. The van der Waals surface area contributed by atoms with Gasteiger partial charge in [-0.3, -0.25) is 0 Å². The molecule has 0 bridgehead atoms. The van der Waals surface area contributed by atoms with Gasteiger partial charge in [-0.15, -0.1) is 5.10 Å². The van der Waals surface area contributed by atoms with Gasteiger partial charge >= 0.3 is 5.35 Å². The van der Waals surface area contributed by atoms with E-state index in [2.05, 4.69) is 22.3 Å². The fourth-order valence-electron chi connectivity index (χ4n) is 2.03. The summed E-state index contributed by atoms with van der Waals surface area (Å²) in [6, 6.07) is 6.26. The molecule has 0 N–H and O–H groups in total. The molecule has 1 aromatic heterocycles. The van der Waals surface area contributed by atoms with Gasteiger partial charge in [0.1, 0.15) is 0 Å². The molecular formula is C11H9ClN2O. The van der Waals surface area contributed by atoms with Crippen molar-refractivity contribution in [3.63, 3.8) is 0 Å². The highest BCUT2D eigenvalue weighted by molar-refractivity contribution is 6.27. The van der Waals surface area contributed by atoms with Crippen LogP contribution in [0, 0.1) is 0 Å². The first-order valence-electron chi connectivity index (χ1n) is 4.94. The van der Waals surface area contributed by atoms with Crippen LogP contribution < -0.4 is 0 Å². The van der Waals surface area contributed by atoms with Crippen LogP contribution in [0.3, 0.4) is 0 Å². The van der Waals surface area contributed by atoms with E-state index in [1.54, 1.807) is 0 Å². The highest BCUT2D eigenvalue weighted by Gasteiger charge is 2.13. The van der Waals surface area contributed by atoms with Gasteiger partial charge in [0.15, 0.2) is 0 Å². The molecule has 3 rings (SSSR count). The Morgan fingerprint density at radius 1 is 1.13 bits per heavy atom. The molecule has 0 radical (unpaired) electrons. The first-order valence-corrected chi connectivity index (χ1v) is 5.32. The third-order valence-corrected chi connectivity index (χ3v) is 2.90. The monoisotopic (exact) mass is 220 g/mol. The van der Waals surface area contributed by atoms with Crippen molar-refractivity contribution in [3.8, 4) is 11.5 Å². The van der Waals surface area contributed by atoms with E-state index in [4.69, 9.17) is 16.0 Å². The maximum absolute atomic E-state index is 5.59. The molecule has 1 aromatic carbocycles. The summed E-state index contributed by atoms with van der Waals surface area (Å²) in [5.41, 5.74) is 3.78. The predicted molar refractivity (Wildman–Crippen MR) is 56.8 cm³/mol. The molecule has 76 valence electrons. The van der Waals surface area contributed by atoms with Gasteiger partial charge in [-0.25, -0.2) is 0 Å².